The van der Waals surface area contributed by atoms with Crippen molar-refractivity contribution >= 4 is 17.9 Å². The molecule has 0 aromatic heterocycles. The molecule has 6 bridgehead atoms. The maximum atomic E-state index is 13.9. The van der Waals surface area contributed by atoms with Crippen LogP contribution in [0.2, 0.25) is 0 Å². The molecule has 0 N–H and O–H groups in total. The first-order valence-corrected chi connectivity index (χ1v) is 23.3. The predicted molar refractivity (Wildman–Crippen MR) is 217 cm³/mol. The number of hydrogen-bond donors (Lipinski definition) is 0. The molecule has 54 heavy (non-hydrogen) atoms. The molecule has 0 radical (unpaired) electrons. The molecule has 7 heteroatoms. The average molecular weight is 756 g/mol. The highest BCUT2D eigenvalue weighted by Crippen LogP contribution is 2.70. The Labute approximate surface area is 330 Å². The molecule has 0 spiro atoms. The number of ether oxygens (including phenoxy) is 3. The second-order valence-corrected chi connectivity index (χ2v) is 19.9. The van der Waals surface area contributed by atoms with Crippen LogP contribution >= 0.6 is 0 Å². The van der Waals surface area contributed by atoms with E-state index in [-0.39, 0.29) is 39.6 Å². The number of nitrogens with zero attached hydrogens (tertiary/aromatic N) is 1. The van der Waals surface area contributed by atoms with Crippen LogP contribution in [0, 0.1) is 39.4 Å². The molecular weight excluding hydrogens is 675 g/mol. The van der Waals surface area contributed by atoms with Gasteiger partial charge >= 0.3 is 17.9 Å². The summed E-state index contributed by atoms with van der Waals surface area (Å²) in [6.07, 6.45) is 28.6. The van der Waals surface area contributed by atoms with E-state index < -0.39 is 0 Å². The second kappa shape index (κ2) is 20.7. The molecule has 0 aromatic rings. The zero-order valence-electron chi connectivity index (χ0n) is 35.5. The molecule has 3 heterocycles. The predicted octanol–water partition coefficient (Wildman–Crippen LogP) is 11.4. The molecule has 7 aliphatic rings. The highest BCUT2D eigenvalue weighted by Gasteiger charge is 2.64. The Kier molecular flexibility index (Phi) is 16.7. The fourth-order valence-corrected chi connectivity index (χ4v) is 12.5. The van der Waals surface area contributed by atoms with Gasteiger partial charge in [0.05, 0.1) is 25.2 Å². The van der Waals surface area contributed by atoms with Crippen LogP contribution in [0.25, 0.3) is 0 Å². The van der Waals surface area contributed by atoms with Crippen molar-refractivity contribution < 1.29 is 28.6 Å². The van der Waals surface area contributed by atoms with Gasteiger partial charge in [0, 0.05) is 29.1 Å². The van der Waals surface area contributed by atoms with Crippen molar-refractivity contribution in [1.82, 2.24) is 4.90 Å². The molecule has 310 valence electrons. The van der Waals surface area contributed by atoms with Gasteiger partial charge in [-0.3, -0.25) is 14.4 Å². The fraction of sp³-hybridized carbons (Fsp3) is 0.936. The molecule has 7 rings (SSSR count). The minimum atomic E-state index is -0.312. The summed E-state index contributed by atoms with van der Waals surface area (Å²) in [6, 6.07) is 0. The van der Waals surface area contributed by atoms with E-state index in [1.165, 1.54) is 77.0 Å². The maximum Gasteiger partial charge on any atom is 0.312 e. The highest BCUT2D eigenvalue weighted by molar-refractivity contribution is 5.77. The third kappa shape index (κ3) is 11.9. The molecule has 2 atom stereocenters. The summed E-state index contributed by atoms with van der Waals surface area (Å²) < 4.78 is 19.1. The van der Waals surface area contributed by atoms with Gasteiger partial charge in [-0.2, -0.15) is 0 Å². The molecule has 4 saturated carbocycles. The number of piperidine rings is 3. The van der Waals surface area contributed by atoms with Gasteiger partial charge in [-0.1, -0.05) is 105 Å². The van der Waals surface area contributed by atoms with Crippen LogP contribution in [0.1, 0.15) is 201 Å². The first-order valence-electron chi connectivity index (χ1n) is 23.3. The van der Waals surface area contributed by atoms with Crippen LogP contribution in [0.15, 0.2) is 0 Å². The molecular formula is C47H81NO6. The monoisotopic (exact) mass is 756 g/mol. The first-order chi connectivity index (χ1) is 26.1. The topological polar surface area (TPSA) is 82.1 Å². The Morgan fingerprint density at radius 3 is 1.24 bits per heavy atom. The van der Waals surface area contributed by atoms with Gasteiger partial charge in [0.25, 0.3) is 0 Å². The lowest BCUT2D eigenvalue weighted by Crippen LogP contribution is -2.61. The third-order valence-electron chi connectivity index (χ3n) is 14.9. The van der Waals surface area contributed by atoms with E-state index >= 15 is 0 Å². The second-order valence-electron chi connectivity index (χ2n) is 19.9. The lowest BCUT2D eigenvalue weighted by Gasteiger charge is -2.66. The summed E-state index contributed by atoms with van der Waals surface area (Å²) in [4.78, 5) is 43.5. The highest BCUT2D eigenvalue weighted by atomic mass is 16.5. The molecule has 3 aliphatic heterocycles. The molecule has 0 amide bonds. The van der Waals surface area contributed by atoms with Gasteiger partial charge < -0.3 is 19.1 Å². The van der Waals surface area contributed by atoms with E-state index in [9.17, 15) is 14.4 Å². The summed E-state index contributed by atoms with van der Waals surface area (Å²) in [7, 11) is 0. The summed E-state index contributed by atoms with van der Waals surface area (Å²) in [5.41, 5.74) is -0.755. The molecule has 7 nitrogen and oxygen atoms in total. The van der Waals surface area contributed by atoms with Crippen LogP contribution in [0.5, 0.6) is 0 Å². The van der Waals surface area contributed by atoms with Crippen LogP contribution in [0.4, 0.5) is 0 Å². The smallest absolute Gasteiger partial charge is 0.312 e. The van der Waals surface area contributed by atoms with E-state index in [0.29, 0.717) is 50.4 Å². The zero-order chi connectivity index (χ0) is 38.5. The van der Waals surface area contributed by atoms with Crippen LogP contribution < -0.4 is 0 Å². The van der Waals surface area contributed by atoms with Crippen molar-refractivity contribution in [2.24, 2.45) is 39.4 Å². The van der Waals surface area contributed by atoms with Crippen LogP contribution in [-0.4, -0.2) is 62.3 Å². The minimum absolute atomic E-state index is 0.0212. The summed E-state index contributed by atoms with van der Waals surface area (Å²) in [5.74, 6) is 1.23. The number of hydrogen-bond acceptors (Lipinski definition) is 7. The van der Waals surface area contributed by atoms with E-state index in [0.717, 1.165) is 103 Å². The maximum absolute atomic E-state index is 13.9. The van der Waals surface area contributed by atoms with Gasteiger partial charge in [-0.05, 0) is 121 Å². The Hall–Kier alpha value is -1.63. The molecule has 7 fully saturated rings. The standard InChI is InChI=1S/C47H81NO6/c1-5-9-13-17-38(18-14-10-6-2)27-41(49)52-35-44-29-40-30-45(32-44,36-53-42(50)28-39(19-15-11-7-3)20-16-12-8-4)34-46(31-40,33-44)37-54-43(51)47-21-24-48(25-22-47)26-23-47/h38-40H,5-37H2,1-4H3. The quantitative estimate of drug-likeness (QED) is 0.0469. The first kappa shape index (κ1) is 43.5. The third-order valence-corrected chi connectivity index (χ3v) is 14.9. The lowest BCUT2D eigenvalue weighted by atomic mass is 9.40. The largest absolute Gasteiger partial charge is 0.465 e. The van der Waals surface area contributed by atoms with Crippen LogP contribution in [0.3, 0.4) is 0 Å². The summed E-state index contributed by atoms with van der Waals surface area (Å²) in [6.45, 7) is 13.3. The Morgan fingerprint density at radius 1 is 0.537 bits per heavy atom. The van der Waals surface area contributed by atoms with E-state index in [1.54, 1.807) is 0 Å². The van der Waals surface area contributed by atoms with E-state index in [4.69, 9.17) is 14.2 Å². The van der Waals surface area contributed by atoms with E-state index in [1.807, 2.05) is 0 Å². The lowest BCUT2D eigenvalue weighted by molar-refractivity contribution is -0.216. The molecule has 2 unspecified atom stereocenters. The van der Waals surface area contributed by atoms with Gasteiger partial charge in [-0.15, -0.1) is 0 Å². The van der Waals surface area contributed by atoms with Crippen molar-refractivity contribution in [1.29, 1.82) is 0 Å². The number of carbonyl (C=O) groups is 3. The molecule has 3 saturated heterocycles. The Bertz CT molecular complexity index is 1080. The number of unbranched alkanes of at least 4 members (excludes halogenated alkanes) is 8. The number of fused-ring (bicyclic) bond motifs is 3. The number of rotatable bonds is 27. The normalized spacial score (nSPS) is 31.0. The number of esters is 3. The van der Waals surface area contributed by atoms with Gasteiger partial charge in [0.1, 0.15) is 0 Å². The van der Waals surface area contributed by atoms with Crippen LogP contribution in [-0.2, 0) is 28.6 Å². The van der Waals surface area contributed by atoms with Crippen molar-refractivity contribution in [2.75, 3.05) is 39.5 Å². The van der Waals surface area contributed by atoms with Crippen molar-refractivity contribution in [3.63, 3.8) is 0 Å². The van der Waals surface area contributed by atoms with E-state index in [2.05, 4.69) is 32.6 Å². The minimum Gasteiger partial charge on any atom is -0.465 e. The van der Waals surface area contributed by atoms with Gasteiger partial charge in [0.15, 0.2) is 0 Å². The SMILES string of the molecule is CCCCCC(CCCCC)CC(=O)OCC12CC3CC(COC(=O)CC(CCCCC)CCCCC)(C1)CC(COC(=O)C14CCN(CC1)CC4)(C3)C2. The van der Waals surface area contributed by atoms with Gasteiger partial charge in [0.2, 0.25) is 0 Å². The summed E-state index contributed by atoms with van der Waals surface area (Å²) in [5, 5.41) is 0. The Morgan fingerprint density at radius 2 is 0.889 bits per heavy atom. The van der Waals surface area contributed by atoms with Crippen molar-refractivity contribution in [3.8, 4) is 0 Å². The van der Waals surface area contributed by atoms with Gasteiger partial charge in [-0.25, -0.2) is 0 Å². The zero-order valence-corrected chi connectivity index (χ0v) is 35.5. The van der Waals surface area contributed by atoms with Crippen molar-refractivity contribution in [3.05, 3.63) is 0 Å². The Balaban J connectivity index is 1.26. The molecule has 4 aliphatic carbocycles. The number of carbonyl (C=O) groups excluding carboxylic acids is 3. The average Bonchev–Trinajstić information content (AvgIpc) is 3.16. The van der Waals surface area contributed by atoms with Crippen molar-refractivity contribution in [2.45, 2.75) is 201 Å². The summed E-state index contributed by atoms with van der Waals surface area (Å²) >= 11 is 0. The fourth-order valence-electron chi connectivity index (χ4n) is 12.5. The molecule has 0 aromatic carbocycles.